The number of nitrogens with one attached hydrogen (secondary N) is 1. The monoisotopic (exact) mass is 239 g/mol. The van der Waals surface area contributed by atoms with Gasteiger partial charge in [-0.15, -0.1) is 0 Å². The van der Waals surface area contributed by atoms with Crippen molar-refractivity contribution in [1.82, 2.24) is 15.2 Å². The average Bonchev–Trinajstić information content (AvgIpc) is 2.27. The van der Waals surface area contributed by atoms with Crippen LogP contribution in [0, 0.1) is 5.82 Å². The molecule has 1 aromatic heterocycles. The number of halogens is 1. The lowest BCUT2D eigenvalue weighted by Gasteiger charge is -2.22. The van der Waals surface area contributed by atoms with E-state index in [2.05, 4.69) is 10.3 Å². The minimum Gasteiger partial charge on any atom is -0.347 e. The average molecular weight is 239 g/mol. The summed E-state index contributed by atoms with van der Waals surface area (Å²) in [5.74, 6) is -0.385. The first-order valence-electron chi connectivity index (χ1n) is 5.49. The van der Waals surface area contributed by atoms with Crippen molar-refractivity contribution >= 4 is 5.91 Å². The van der Waals surface area contributed by atoms with E-state index in [1.807, 2.05) is 6.92 Å². The Bertz CT molecular complexity index is 395. The van der Waals surface area contributed by atoms with Gasteiger partial charge in [-0.05, 0) is 25.5 Å². The van der Waals surface area contributed by atoms with E-state index in [-0.39, 0.29) is 23.8 Å². The molecule has 0 radical (unpaired) electrons. The van der Waals surface area contributed by atoms with Crippen LogP contribution in [0.2, 0.25) is 0 Å². The van der Waals surface area contributed by atoms with Gasteiger partial charge in [-0.1, -0.05) is 0 Å². The maximum Gasteiger partial charge on any atom is 0.238 e. The summed E-state index contributed by atoms with van der Waals surface area (Å²) in [6.45, 7) is 3.65. The highest BCUT2D eigenvalue weighted by molar-refractivity contribution is 5.80. The number of nitrogens with zero attached hydrogens (tertiary/aromatic N) is 2. The number of likely N-dealkylation sites (N-methyl/N-ethyl adjacent to an activating group) is 1. The third kappa shape index (κ3) is 3.78. The molecule has 1 heterocycles. The molecule has 1 amide bonds. The molecule has 2 unspecified atom stereocenters. The smallest absolute Gasteiger partial charge is 0.238 e. The number of hydrogen-bond acceptors (Lipinski definition) is 3. The predicted octanol–water partition coefficient (Wildman–Crippen LogP) is 1.35. The molecule has 0 aromatic carbocycles. The second-order valence-corrected chi connectivity index (χ2v) is 4.28. The van der Waals surface area contributed by atoms with Crippen molar-refractivity contribution in [3.05, 3.63) is 29.8 Å². The summed E-state index contributed by atoms with van der Waals surface area (Å²) in [7, 11) is 3.41. The molecular weight excluding hydrogens is 221 g/mol. The molecule has 1 rings (SSSR count). The molecule has 2 atom stereocenters. The van der Waals surface area contributed by atoms with Gasteiger partial charge in [0.05, 0.1) is 12.2 Å². The molecule has 5 heteroatoms. The van der Waals surface area contributed by atoms with Crippen molar-refractivity contribution in [3.63, 3.8) is 0 Å². The van der Waals surface area contributed by atoms with E-state index in [0.717, 1.165) is 11.8 Å². The van der Waals surface area contributed by atoms with Crippen molar-refractivity contribution in [1.29, 1.82) is 0 Å². The van der Waals surface area contributed by atoms with Crippen molar-refractivity contribution < 1.29 is 9.18 Å². The third-order valence-electron chi connectivity index (χ3n) is 2.54. The van der Waals surface area contributed by atoms with E-state index >= 15 is 0 Å². The molecule has 4 nitrogen and oxygen atoms in total. The van der Waals surface area contributed by atoms with Crippen LogP contribution in [0.3, 0.4) is 0 Å². The number of aromatic nitrogens is 1. The normalized spacial score (nSPS) is 14.2. The standard InChI is InChI=1S/C12H18FN3O/c1-8(10-5-11(13)7-14-6-10)15-9(2)12(17)16(3)4/h5-9,15H,1-4H3. The van der Waals surface area contributed by atoms with Gasteiger partial charge in [-0.2, -0.15) is 0 Å². The van der Waals surface area contributed by atoms with Crippen molar-refractivity contribution in [3.8, 4) is 0 Å². The summed E-state index contributed by atoms with van der Waals surface area (Å²) < 4.78 is 13.0. The lowest BCUT2D eigenvalue weighted by Crippen LogP contribution is -2.42. The quantitative estimate of drug-likeness (QED) is 0.862. The van der Waals surface area contributed by atoms with Gasteiger partial charge in [0, 0.05) is 26.3 Å². The van der Waals surface area contributed by atoms with E-state index in [0.29, 0.717) is 0 Å². The highest BCUT2D eigenvalue weighted by Crippen LogP contribution is 2.12. The van der Waals surface area contributed by atoms with Crippen LogP contribution < -0.4 is 5.32 Å². The van der Waals surface area contributed by atoms with Crippen LogP contribution >= 0.6 is 0 Å². The Labute approximate surface area is 101 Å². The Balaban J connectivity index is 2.66. The maximum absolute atomic E-state index is 13.0. The molecule has 0 aliphatic rings. The summed E-state index contributed by atoms with van der Waals surface area (Å²) in [5.41, 5.74) is 0.725. The van der Waals surface area contributed by atoms with Gasteiger partial charge < -0.3 is 4.90 Å². The molecule has 94 valence electrons. The van der Waals surface area contributed by atoms with Crippen LogP contribution in [0.4, 0.5) is 4.39 Å². The summed E-state index contributed by atoms with van der Waals surface area (Å²) in [6.07, 6.45) is 2.75. The van der Waals surface area contributed by atoms with Gasteiger partial charge in [0.1, 0.15) is 5.82 Å². The fraction of sp³-hybridized carbons (Fsp3) is 0.500. The van der Waals surface area contributed by atoms with Gasteiger partial charge in [0.15, 0.2) is 0 Å². The number of carbonyl (C=O) groups excluding carboxylic acids is 1. The fourth-order valence-electron chi connectivity index (χ4n) is 1.59. The van der Waals surface area contributed by atoms with Crippen LogP contribution in [-0.4, -0.2) is 35.9 Å². The molecule has 0 aliphatic carbocycles. The van der Waals surface area contributed by atoms with Gasteiger partial charge in [-0.25, -0.2) is 4.39 Å². The Morgan fingerprint density at radius 2 is 2.06 bits per heavy atom. The number of carbonyl (C=O) groups is 1. The summed E-state index contributed by atoms with van der Waals surface area (Å²) in [5, 5.41) is 3.11. The lowest BCUT2D eigenvalue weighted by molar-refractivity contribution is -0.130. The maximum atomic E-state index is 13.0. The van der Waals surface area contributed by atoms with Gasteiger partial charge in [0.25, 0.3) is 0 Å². The van der Waals surface area contributed by atoms with Crippen molar-refractivity contribution in [2.75, 3.05) is 14.1 Å². The molecule has 1 N–H and O–H groups in total. The van der Waals surface area contributed by atoms with Crippen LogP contribution in [-0.2, 0) is 4.79 Å². The van der Waals surface area contributed by atoms with E-state index in [4.69, 9.17) is 0 Å². The van der Waals surface area contributed by atoms with Crippen molar-refractivity contribution in [2.24, 2.45) is 0 Å². The second kappa shape index (κ2) is 5.72. The molecule has 1 aromatic rings. The molecule has 0 fully saturated rings. The minimum absolute atomic E-state index is 0.0128. The Morgan fingerprint density at radius 1 is 1.41 bits per heavy atom. The minimum atomic E-state index is -0.372. The first-order chi connectivity index (χ1) is 7.91. The van der Waals surface area contributed by atoms with Crippen LogP contribution in [0.1, 0.15) is 25.5 Å². The first-order valence-corrected chi connectivity index (χ1v) is 5.49. The summed E-state index contributed by atoms with van der Waals surface area (Å²) >= 11 is 0. The second-order valence-electron chi connectivity index (χ2n) is 4.28. The van der Waals surface area contributed by atoms with Gasteiger partial charge in [-0.3, -0.25) is 15.1 Å². The number of amides is 1. The first kappa shape index (κ1) is 13.6. The zero-order valence-corrected chi connectivity index (χ0v) is 10.6. The van der Waals surface area contributed by atoms with Crippen LogP contribution in [0.25, 0.3) is 0 Å². The summed E-state index contributed by atoms with van der Waals surface area (Å²) in [6, 6.07) is 0.970. The van der Waals surface area contributed by atoms with E-state index < -0.39 is 0 Å². The zero-order chi connectivity index (χ0) is 13.0. The Morgan fingerprint density at radius 3 is 2.59 bits per heavy atom. The number of hydrogen-bond donors (Lipinski definition) is 1. The van der Waals surface area contributed by atoms with E-state index in [9.17, 15) is 9.18 Å². The third-order valence-corrected chi connectivity index (χ3v) is 2.54. The highest BCUT2D eigenvalue weighted by atomic mass is 19.1. The van der Waals surface area contributed by atoms with Crippen LogP contribution in [0.15, 0.2) is 18.5 Å². The number of rotatable bonds is 4. The van der Waals surface area contributed by atoms with E-state index in [1.165, 1.54) is 11.0 Å². The fourth-order valence-corrected chi connectivity index (χ4v) is 1.59. The van der Waals surface area contributed by atoms with E-state index in [1.54, 1.807) is 27.2 Å². The molecular formula is C12H18FN3O. The summed E-state index contributed by atoms with van der Waals surface area (Å²) in [4.78, 5) is 17.0. The molecule has 0 saturated heterocycles. The lowest BCUT2D eigenvalue weighted by atomic mass is 10.1. The number of pyridine rings is 1. The SMILES string of the molecule is CC(NC(C)c1cncc(F)c1)C(=O)N(C)C. The van der Waals surface area contributed by atoms with Crippen molar-refractivity contribution in [2.45, 2.75) is 25.9 Å². The molecule has 0 saturated carbocycles. The largest absolute Gasteiger partial charge is 0.347 e. The van der Waals surface area contributed by atoms with Gasteiger partial charge in [0.2, 0.25) is 5.91 Å². The predicted molar refractivity (Wildman–Crippen MR) is 63.9 cm³/mol. The molecule has 0 spiro atoms. The Kier molecular flexibility index (Phi) is 4.57. The highest BCUT2D eigenvalue weighted by Gasteiger charge is 2.17. The van der Waals surface area contributed by atoms with Gasteiger partial charge >= 0.3 is 0 Å². The zero-order valence-electron chi connectivity index (χ0n) is 10.6. The molecule has 0 bridgehead atoms. The Hall–Kier alpha value is -1.49. The van der Waals surface area contributed by atoms with Crippen LogP contribution in [0.5, 0.6) is 0 Å². The topological polar surface area (TPSA) is 45.2 Å². The molecule has 0 aliphatic heterocycles. The molecule has 17 heavy (non-hydrogen) atoms.